The minimum absolute atomic E-state index is 1.03. The fourth-order valence-electron chi connectivity index (χ4n) is 2.16. The second-order valence-corrected chi connectivity index (χ2v) is 6.07. The molecule has 2 heteroatoms. The average molecular weight is 291 g/mol. The van der Waals surface area contributed by atoms with Gasteiger partial charge in [0.2, 0.25) is 0 Å². The van der Waals surface area contributed by atoms with Gasteiger partial charge < -0.3 is 0 Å². The zero-order chi connectivity index (χ0) is 14.7. The van der Waals surface area contributed by atoms with E-state index >= 15 is 0 Å². The van der Waals surface area contributed by atoms with E-state index in [-0.39, 0.29) is 0 Å². The van der Waals surface area contributed by atoms with Crippen molar-refractivity contribution in [2.24, 2.45) is 0 Å². The van der Waals surface area contributed by atoms with Gasteiger partial charge in [0.25, 0.3) is 0 Å². The van der Waals surface area contributed by atoms with Crippen LogP contribution in [0.3, 0.4) is 0 Å². The molecule has 0 bridgehead atoms. The normalized spacial score (nSPS) is 11.1. The Bertz CT molecular complexity index is 766. The van der Waals surface area contributed by atoms with Gasteiger partial charge in [-0.15, -0.1) is 11.3 Å². The Balaban J connectivity index is 1.80. The highest BCUT2D eigenvalue weighted by molar-refractivity contribution is 7.10. The number of aromatic nitrogens is 1. The van der Waals surface area contributed by atoms with Crippen molar-refractivity contribution in [1.82, 2.24) is 4.98 Å². The lowest BCUT2D eigenvalue weighted by Gasteiger charge is -1.96. The highest BCUT2D eigenvalue weighted by Gasteiger charge is 2.02. The number of hydrogen-bond donors (Lipinski definition) is 0. The molecule has 3 aromatic rings. The van der Waals surface area contributed by atoms with Crippen LogP contribution in [-0.2, 0) is 0 Å². The SMILES string of the molecule is Cc1ccc(-c2csc(C=Cc3cccc(C)c3)n2)cc1. The van der Waals surface area contributed by atoms with Crippen LogP contribution in [0.15, 0.2) is 53.9 Å². The smallest absolute Gasteiger partial charge is 0.116 e. The van der Waals surface area contributed by atoms with E-state index in [1.54, 1.807) is 11.3 Å². The molecule has 0 aliphatic heterocycles. The first-order valence-electron chi connectivity index (χ1n) is 6.98. The number of rotatable bonds is 3. The maximum atomic E-state index is 4.68. The molecule has 1 heterocycles. The summed E-state index contributed by atoms with van der Waals surface area (Å²) in [7, 11) is 0. The predicted molar refractivity (Wildman–Crippen MR) is 92.4 cm³/mol. The number of thiazole rings is 1. The molecule has 0 aliphatic carbocycles. The largest absolute Gasteiger partial charge is 0.237 e. The lowest BCUT2D eigenvalue weighted by molar-refractivity contribution is 1.37. The third-order valence-corrected chi connectivity index (χ3v) is 4.14. The lowest BCUT2D eigenvalue weighted by atomic mass is 10.1. The first kappa shape index (κ1) is 13.8. The van der Waals surface area contributed by atoms with E-state index in [0.29, 0.717) is 0 Å². The van der Waals surface area contributed by atoms with E-state index in [1.165, 1.54) is 22.3 Å². The van der Waals surface area contributed by atoms with Gasteiger partial charge in [0.15, 0.2) is 0 Å². The molecule has 1 aromatic heterocycles. The molecule has 0 saturated heterocycles. The minimum Gasteiger partial charge on any atom is -0.237 e. The van der Waals surface area contributed by atoms with Crippen LogP contribution in [0, 0.1) is 13.8 Å². The van der Waals surface area contributed by atoms with Gasteiger partial charge in [-0.25, -0.2) is 4.98 Å². The van der Waals surface area contributed by atoms with E-state index in [1.807, 2.05) is 0 Å². The molecule has 3 rings (SSSR count). The topological polar surface area (TPSA) is 12.9 Å². The summed E-state index contributed by atoms with van der Waals surface area (Å²) in [5.74, 6) is 0. The number of aryl methyl sites for hydroxylation is 2. The molecule has 0 spiro atoms. The van der Waals surface area contributed by atoms with Crippen molar-refractivity contribution < 1.29 is 0 Å². The van der Waals surface area contributed by atoms with Crippen LogP contribution >= 0.6 is 11.3 Å². The van der Waals surface area contributed by atoms with Gasteiger partial charge >= 0.3 is 0 Å². The number of nitrogens with zero attached hydrogens (tertiary/aromatic N) is 1. The van der Waals surface area contributed by atoms with E-state index in [9.17, 15) is 0 Å². The number of benzene rings is 2. The Labute approximate surface area is 129 Å². The Hall–Kier alpha value is -2.19. The molecule has 1 nitrogen and oxygen atoms in total. The second kappa shape index (κ2) is 6.06. The molecule has 0 atom stereocenters. The third kappa shape index (κ3) is 3.47. The van der Waals surface area contributed by atoms with Crippen LogP contribution < -0.4 is 0 Å². The summed E-state index contributed by atoms with van der Waals surface area (Å²) in [6.07, 6.45) is 4.20. The fourth-order valence-corrected chi connectivity index (χ4v) is 2.88. The molecule has 0 N–H and O–H groups in total. The van der Waals surface area contributed by atoms with Gasteiger partial charge in [0, 0.05) is 10.9 Å². The molecule has 0 amide bonds. The van der Waals surface area contributed by atoms with E-state index in [4.69, 9.17) is 0 Å². The third-order valence-electron chi connectivity index (χ3n) is 3.33. The fraction of sp³-hybridized carbons (Fsp3) is 0.105. The van der Waals surface area contributed by atoms with Crippen LogP contribution in [0.1, 0.15) is 21.7 Å². The highest BCUT2D eigenvalue weighted by atomic mass is 32.1. The van der Waals surface area contributed by atoms with Gasteiger partial charge in [-0.1, -0.05) is 65.7 Å². The maximum Gasteiger partial charge on any atom is 0.116 e. The summed E-state index contributed by atoms with van der Waals surface area (Å²) < 4.78 is 0. The average Bonchev–Trinajstić information content (AvgIpc) is 2.95. The Morgan fingerprint density at radius 2 is 1.71 bits per heavy atom. The van der Waals surface area contributed by atoms with Gasteiger partial charge in [-0.05, 0) is 25.5 Å². The van der Waals surface area contributed by atoms with Crippen LogP contribution in [0.5, 0.6) is 0 Å². The van der Waals surface area contributed by atoms with Crippen molar-refractivity contribution in [2.75, 3.05) is 0 Å². The molecule has 0 unspecified atom stereocenters. The van der Waals surface area contributed by atoms with Crippen molar-refractivity contribution in [3.05, 3.63) is 75.6 Å². The second-order valence-electron chi connectivity index (χ2n) is 5.18. The van der Waals surface area contributed by atoms with Crippen molar-refractivity contribution in [3.63, 3.8) is 0 Å². The minimum atomic E-state index is 1.03. The van der Waals surface area contributed by atoms with Crippen molar-refractivity contribution >= 4 is 23.5 Å². The quantitative estimate of drug-likeness (QED) is 0.612. The first-order valence-corrected chi connectivity index (χ1v) is 7.86. The molecule has 0 radical (unpaired) electrons. The summed E-state index contributed by atoms with van der Waals surface area (Å²) in [4.78, 5) is 4.68. The standard InChI is InChI=1S/C19H17NS/c1-14-6-9-17(10-7-14)18-13-21-19(20-18)11-8-16-5-3-4-15(2)12-16/h3-13H,1-2H3. The Kier molecular flexibility index (Phi) is 3.98. The molecular formula is C19H17NS. The van der Waals surface area contributed by atoms with Crippen LogP contribution in [-0.4, -0.2) is 4.98 Å². The zero-order valence-electron chi connectivity index (χ0n) is 12.2. The lowest BCUT2D eigenvalue weighted by Crippen LogP contribution is -1.79. The monoisotopic (exact) mass is 291 g/mol. The molecule has 2 aromatic carbocycles. The van der Waals surface area contributed by atoms with E-state index < -0.39 is 0 Å². The zero-order valence-corrected chi connectivity index (χ0v) is 13.0. The molecule has 0 saturated carbocycles. The molecule has 21 heavy (non-hydrogen) atoms. The predicted octanol–water partition coefficient (Wildman–Crippen LogP) is 5.60. The van der Waals surface area contributed by atoms with Gasteiger partial charge in [0.1, 0.15) is 5.01 Å². The summed E-state index contributed by atoms with van der Waals surface area (Å²) in [6, 6.07) is 17.0. The van der Waals surface area contributed by atoms with Crippen molar-refractivity contribution in [2.45, 2.75) is 13.8 Å². The molecule has 0 fully saturated rings. The Morgan fingerprint density at radius 3 is 2.48 bits per heavy atom. The van der Waals surface area contributed by atoms with Gasteiger partial charge in [0.05, 0.1) is 5.69 Å². The molecule has 104 valence electrons. The van der Waals surface area contributed by atoms with Gasteiger partial charge in [-0.3, -0.25) is 0 Å². The Morgan fingerprint density at radius 1 is 0.905 bits per heavy atom. The van der Waals surface area contributed by atoms with Crippen molar-refractivity contribution in [1.29, 1.82) is 0 Å². The van der Waals surface area contributed by atoms with Crippen LogP contribution in [0.2, 0.25) is 0 Å². The van der Waals surface area contributed by atoms with Crippen molar-refractivity contribution in [3.8, 4) is 11.3 Å². The summed E-state index contributed by atoms with van der Waals surface area (Å²) in [5.41, 5.74) is 5.98. The maximum absolute atomic E-state index is 4.68. The van der Waals surface area contributed by atoms with Gasteiger partial charge in [-0.2, -0.15) is 0 Å². The highest BCUT2D eigenvalue weighted by Crippen LogP contribution is 2.23. The summed E-state index contributed by atoms with van der Waals surface area (Å²) in [5, 5.41) is 3.15. The summed E-state index contributed by atoms with van der Waals surface area (Å²) in [6.45, 7) is 4.21. The van der Waals surface area contributed by atoms with E-state index in [2.05, 4.69) is 84.9 Å². The molecular weight excluding hydrogens is 274 g/mol. The number of hydrogen-bond acceptors (Lipinski definition) is 2. The summed E-state index contributed by atoms with van der Waals surface area (Å²) >= 11 is 1.67. The van der Waals surface area contributed by atoms with E-state index in [0.717, 1.165) is 10.7 Å². The molecule has 0 aliphatic rings. The first-order chi connectivity index (χ1) is 10.2. The van der Waals surface area contributed by atoms with Crippen LogP contribution in [0.4, 0.5) is 0 Å². The van der Waals surface area contributed by atoms with Crippen LogP contribution in [0.25, 0.3) is 23.4 Å².